The number of nitrogens with one attached hydrogen (secondary N) is 1. The summed E-state index contributed by atoms with van der Waals surface area (Å²) >= 11 is 4.66. The number of unbranched alkanes of at least 4 members (excludes halogenated alkanes) is 6. The van der Waals surface area contributed by atoms with E-state index < -0.39 is 0 Å². The number of hydrazone groups is 1. The van der Waals surface area contributed by atoms with Crippen molar-refractivity contribution >= 4 is 23.5 Å². The Kier molecular flexibility index (Phi) is 10.0. The molecular formula is C17H27N3OS. The molecule has 0 amide bonds. The minimum Gasteiger partial charge on any atom is -0.494 e. The van der Waals surface area contributed by atoms with Gasteiger partial charge in [0.25, 0.3) is 0 Å². The smallest absolute Gasteiger partial charge is 0.184 e. The van der Waals surface area contributed by atoms with Crippen LogP contribution in [0.25, 0.3) is 0 Å². The predicted octanol–water partition coefficient (Wildman–Crippen LogP) is 3.98. The molecule has 1 aromatic carbocycles. The first-order chi connectivity index (χ1) is 10.7. The van der Waals surface area contributed by atoms with E-state index in [0.717, 1.165) is 24.3 Å². The molecule has 22 heavy (non-hydrogen) atoms. The quantitative estimate of drug-likeness (QED) is 0.280. The van der Waals surface area contributed by atoms with Crippen LogP contribution in [0.15, 0.2) is 29.4 Å². The van der Waals surface area contributed by atoms with Crippen molar-refractivity contribution in [1.82, 2.24) is 5.43 Å². The molecule has 0 radical (unpaired) electrons. The topological polar surface area (TPSA) is 59.6 Å². The minimum absolute atomic E-state index is 0.158. The number of rotatable bonds is 11. The monoisotopic (exact) mass is 321 g/mol. The number of ether oxygens (including phenoxy) is 1. The zero-order chi connectivity index (χ0) is 16.0. The van der Waals surface area contributed by atoms with Gasteiger partial charge < -0.3 is 10.5 Å². The summed E-state index contributed by atoms with van der Waals surface area (Å²) in [7, 11) is 0. The van der Waals surface area contributed by atoms with Crippen molar-refractivity contribution in [2.75, 3.05) is 6.61 Å². The van der Waals surface area contributed by atoms with Crippen LogP contribution in [-0.2, 0) is 0 Å². The molecule has 0 atom stereocenters. The molecule has 0 saturated heterocycles. The fourth-order valence-corrected chi connectivity index (χ4v) is 2.12. The van der Waals surface area contributed by atoms with Gasteiger partial charge in [-0.05, 0) is 48.5 Å². The lowest BCUT2D eigenvalue weighted by atomic mass is 10.1. The van der Waals surface area contributed by atoms with Crippen LogP contribution in [0.1, 0.15) is 57.4 Å². The van der Waals surface area contributed by atoms with Crippen LogP contribution in [0.3, 0.4) is 0 Å². The van der Waals surface area contributed by atoms with Crippen LogP contribution in [0, 0.1) is 0 Å². The Balaban J connectivity index is 2.14. The number of nitrogens with two attached hydrogens (primary N) is 1. The summed E-state index contributed by atoms with van der Waals surface area (Å²) in [4.78, 5) is 0. The van der Waals surface area contributed by atoms with Gasteiger partial charge >= 0.3 is 0 Å². The number of nitrogens with zero attached hydrogens (tertiary/aromatic N) is 1. The van der Waals surface area contributed by atoms with Crippen molar-refractivity contribution in [3.63, 3.8) is 0 Å². The van der Waals surface area contributed by atoms with Gasteiger partial charge in [-0.1, -0.05) is 45.4 Å². The molecule has 0 aliphatic heterocycles. The van der Waals surface area contributed by atoms with Crippen molar-refractivity contribution in [2.45, 2.75) is 51.9 Å². The van der Waals surface area contributed by atoms with E-state index in [1.807, 2.05) is 24.3 Å². The SMILES string of the molecule is CCCCCCCCCOc1ccc(C=NNC(N)=S)cc1. The highest BCUT2D eigenvalue weighted by Crippen LogP contribution is 2.12. The summed E-state index contributed by atoms with van der Waals surface area (Å²) in [6, 6.07) is 7.79. The molecule has 1 aromatic rings. The lowest BCUT2D eigenvalue weighted by molar-refractivity contribution is 0.304. The largest absolute Gasteiger partial charge is 0.494 e. The Bertz CT molecular complexity index is 446. The maximum Gasteiger partial charge on any atom is 0.184 e. The van der Waals surface area contributed by atoms with E-state index in [1.165, 1.54) is 38.5 Å². The molecule has 3 N–H and O–H groups in total. The molecule has 4 nitrogen and oxygen atoms in total. The second-order valence-corrected chi connectivity index (χ2v) is 5.71. The summed E-state index contributed by atoms with van der Waals surface area (Å²) in [6.07, 6.45) is 10.7. The van der Waals surface area contributed by atoms with Gasteiger partial charge in [0.2, 0.25) is 0 Å². The highest BCUT2D eigenvalue weighted by Gasteiger charge is 1.95. The van der Waals surface area contributed by atoms with E-state index in [2.05, 4.69) is 29.7 Å². The van der Waals surface area contributed by atoms with Gasteiger partial charge in [0.1, 0.15) is 5.75 Å². The second kappa shape index (κ2) is 12.0. The molecule has 1 rings (SSSR count). The van der Waals surface area contributed by atoms with Crippen LogP contribution in [0.5, 0.6) is 5.75 Å². The van der Waals surface area contributed by atoms with E-state index in [1.54, 1.807) is 6.21 Å². The number of hydrogen-bond donors (Lipinski definition) is 2. The van der Waals surface area contributed by atoms with Crippen LogP contribution in [0.4, 0.5) is 0 Å². The average Bonchev–Trinajstić information content (AvgIpc) is 2.51. The van der Waals surface area contributed by atoms with Crippen molar-refractivity contribution in [3.8, 4) is 5.75 Å². The third-order valence-electron chi connectivity index (χ3n) is 3.29. The first kappa shape index (κ1) is 18.4. The highest BCUT2D eigenvalue weighted by molar-refractivity contribution is 7.80. The van der Waals surface area contributed by atoms with Gasteiger partial charge in [0.05, 0.1) is 12.8 Å². The lowest BCUT2D eigenvalue weighted by Crippen LogP contribution is -2.23. The van der Waals surface area contributed by atoms with Crippen LogP contribution in [-0.4, -0.2) is 17.9 Å². The second-order valence-electron chi connectivity index (χ2n) is 5.27. The highest BCUT2D eigenvalue weighted by atomic mass is 32.1. The van der Waals surface area contributed by atoms with E-state index in [0.29, 0.717) is 0 Å². The molecule has 0 spiro atoms. The van der Waals surface area contributed by atoms with E-state index in [9.17, 15) is 0 Å². The molecule has 122 valence electrons. The van der Waals surface area contributed by atoms with Crippen molar-refractivity contribution in [3.05, 3.63) is 29.8 Å². The normalized spacial score (nSPS) is 10.8. The van der Waals surface area contributed by atoms with E-state index in [-0.39, 0.29) is 5.11 Å². The zero-order valence-corrected chi connectivity index (χ0v) is 14.2. The molecule has 5 heteroatoms. The van der Waals surface area contributed by atoms with E-state index >= 15 is 0 Å². The summed E-state index contributed by atoms with van der Waals surface area (Å²) in [5.74, 6) is 0.894. The average molecular weight is 321 g/mol. The van der Waals surface area contributed by atoms with Crippen LogP contribution < -0.4 is 15.9 Å². The molecule has 0 saturated carbocycles. The molecule has 0 aromatic heterocycles. The summed E-state index contributed by atoms with van der Waals surface area (Å²) in [5.41, 5.74) is 8.77. The summed E-state index contributed by atoms with van der Waals surface area (Å²) in [5, 5.41) is 4.06. The molecule has 0 unspecified atom stereocenters. The van der Waals surface area contributed by atoms with Gasteiger partial charge in [0, 0.05) is 0 Å². The first-order valence-corrected chi connectivity index (χ1v) is 8.44. The Morgan fingerprint density at radius 2 is 1.77 bits per heavy atom. The molecule has 0 aliphatic rings. The van der Waals surface area contributed by atoms with Gasteiger partial charge in [-0.2, -0.15) is 5.10 Å². The Hall–Kier alpha value is -1.62. The van der Waals surface area contributed by atoms with Crippen molar-refractivity contribution < 1.29 is 4.74 Å². The van der Waals surface area contributed by atoms with Crippen LogP contribution >= 0.6 is 12.2 Å². The van der Waals surface area contributed by atoms with Gasteiger partial charge in [0.15, 0.2) is 5.11 Å². The van der Waals surface area contributed by atoms with E-state index in [4.69, 9.17) is 10.5 Å². The maximum absolute atomic E-state index is 5.73. The molecule has 0 fully saturated rings. The summed E-state index contributed by atoms with van der Waals surface area (Å²) < 4.78 is 5.73. The van der Waals surface area contributed by atoms with Crippen molar-refractivity contribution in [2.24, 2.45) is 10.8 Å². The third-order valence-corrected chi connectivity index (χ3v) is 3.38. The van der Waals surface area contributed by atoms with Gasteiger partial charge in [-0.25, -0.2) is 0 Å². The molecule has 0 heterocycles. The van der Waals surface area contributed by atoms with Crippen molar-refractivity contribution in [1.29, 1.82) is 0 Å². The number of benzene rings is 1. The van der Waals surface area contributed by atoms with Crippen LogP contribution in [0.2, 0.25) is 0 Å². The fourth-order valence-electron chi connectivity index (χ4n) is 2.07. The Morgan fingerprint density at radius 1 is 1.14 bits per heavy atom. The number of hydrogen-bond acceptors (Lipinski definition) is 3. The lowest BCUT2D eigenvalue weighted by Gasteiger charge is -2.06. The molecule has 0 bridgehead atoms. The van der Waals surface area contributed by atoms with Gasteiger partial charge in [-0.15, -0.1) is 0 Å². The fraction of sp³-hybridized carbons (Fsp3) is 0.529. The number of thiocarbonyl (C=S) groups is 1. The first-order valence-electron chi connectivity index (χ1n) is 8.03. The standard InChI is InChI=1S/C17H27N3OS/c1-2-3-4-5-6-7-8-13-21-16-11-9-15(10-12-16)14-19-20-17(18)22/h9-12,14H,2-8,13H2,1H3,(H3,18,20,22). The molecular weight excluding hydrogens is 294 g/mol. The minimum atomic E-state index is 0.158. The predicted molar refractivity (Wildman–Crippen MR) is 97.4 cm³/mol. The van der Waals surface area contributed by atoms with Gasteiger partial charge in [-0.3, -0.25) is 5.43 Å². The Labute approximate surface area is 139 Å². The third kappa shape index (κ3) is 9.34. The zero-order valence-electron chi connectivity index (χ0n) is 13.4. The maximum atomic E-state index is 5.73. The Morgan fingerprint density at radius 3 is 2.41 bits per heavy atom. The molecule has 0 aliphatic carbocycles. The summed E-state index contributed by atoms with van der Waals surface area (Å²) in [6.45, 7) is 3.03.